The van der Waals surface area contributed by atoms with E-state index in [1.54, 1.807) is 0 Å². The molecule has 6 heteroatoms. The Morgan fingerprint density at radius 3 is 2.50 bits per heavy atom. The largest absolute Gasteiger partial charge is 0.494 e. The lowest BCUT2D eigenvalue weighted by molar-refractivity contribution is -0.125. The van der Waals surface area contributed by atoms with E-state index < -0.39 is 0 Å². The van der Waals surface area contributed by atoms with E-state index in [-0.39, 0.29) is 11.4 Å². The van der Waals surface area contributed by atoms with E-state index in [1.807, 2.05) is 13.8 Å². The van der Waals surface area contributed by atoms with Crippen molar-refractivity contribution >= 4 is 5.91 Å². The van der Waals surface area contributed by atoms with Crippen molar-refractivity contribution < 1.29 is 14.3 Å². The zero-order valence-corrected chi connectivity index (χ0v) is 21.9. The van der Waals surface area contributed by atoms with E-state index in [0.717, 1.165) is 30.9 Å². The van der Waals surface area contributed by atoms with Crippen LogP contribution in [0.1, 0.15) is 73.1 Å². The average molecular weight is 472 g/mol. The number of rotatable bonds is 8. The molecule has 0 aromatic carbocycles. The number of nitrogens with one attached hydrogen (secondary N) is 2. The molecule has 1 amide bonds. The second kappa shape index (κ2) is 10.8. The number of piperidine rings is 1. The molecule has 0 spiro atoms. The molecule has 3 unspecified atom stereocenters. The van der Waals surface area contributed by atoms with Crippen molar-refractivity contribution in [1.29, 1.82) is 0 Å². The van der Waals surface area contributed by atoms with Crippen molar-refractivity contribution in [2.75, 3.05) is 26.3 Å². The molecule has 2 N–H and O–H groups in total. The fourth-order valence-electron chi connectivity index (χ4n) is 6.40. The first-order chi connectivity index (χ1) is 16.3. The number of allylic oxidation sites excluding steroid dienone is 4. The molecule has 6 nitrogen and oxygen atoms in total. The van der Waals surface area contributed by atoms with E-state index in [2.05, 4.69) is 54.5 Å². The minimum Gasteiger partial charge on any atom is -0.494 e. The van der Waals surface area contributed by atoms with E-state index in [9.17, 15) is 4.79 Å². The monoisotopic (exact) mass is 471 g/mol. The summed E-state index contributed by atoms with van der Waals surface area (Å²) in [5, 5.41) is 6.91. The van der Waals surface area contributed by atoms with Crippen LogP contribution >= 0.6 is 0 Å². The second-order valence-corrected chi connectivity index (χ2v) is 11.5. The standard InChI is InChI=1S/C28H45N3O3/c1-6-33-25-13-8-20-17-29-21(9-12-24(20)27(25)34-7-2)14-19-15-22-10-11-23(16-19)31(22)18-26(32)30-28(3,4)5/h8-9,13,19-20,22-24,29H,6-7,10-12,14-18H2,1-5H3,(H,30,32)/t19-,20?,22-,23?,24?/m1/s1. The lowest BCUT2D eigenvalue weighted by Crippen LogP contribution is -2.51. The summed E-state index contributed by atoms with van der Waals surface area (Å²) in [6.07, 6.45) is 13.8. The van der Waals surface area contributed by atoms with Crippen LogP contribution in [0.2, 0.25) is 0 Å². The summed E-state index contributed by atoms with van der Waals surface area (Å²) >= 11 is 0. The molecule has 0 aromatic heterocycles. The maximum atomic E-state index is 12.5. The molecule has 3 heterocycles. The van der Waals surface area contributed by atoms with E-state index in [4.69, 9.17) is 9.47 Å². The van der Waals surface area contributed by atoms with Crippen molar-refractivity contribution in [2.45, 2.75) is 90.8 Å². The van der Waals surface area contributed by atoms with Crippen LogP contribution in [-0.4, -0.2) is 54.7 Å². The summed E-state index contributed by atoms with van der Waals surface area (Å²) in [7, 11) is 0. The van der Waals surface area contributed by atoms with Crippen LogP contribution in [-0.2, 0) is 14.3 Å². The number of nitrogens with zero attached hydrogens (tertiary/aromatic N) is 1. The SMILES string of the molecule is CCOC1=C(OCC)C2CC=C(C[C@H]3CC4CC[C@H](C3)N4CC(=O)NC(C)(C)C)NCC2C=C1. The summed E-state index contributed by atoms with van der Waals surface area (Å²) in [6.45, 7) is 13.0. The number of carbonyl (C=O) groups excluding carboxylic acids is 1. The van der Waals surface area contributed by atoms with Crippen LogP contribution in [0.3, 0.4) is 0 Å². The normalized spacial score (nSPS) is 31.3. The fourth-order valence-corrected chi connectivity index (χ4v) is 6.40. The number of amides is 1. The Kier molecular flexibility index (Phi) is 7.96. The van der Waals surface area contributed by atoms with E-state index in [1.165, 1.54) is 31.4 Å². The van der Waals surface area contributed by atoms with E-state index >= 15 is 0 Å². The van der Waals surface area contributed by atoms with Crippen LogP contribution in [0.4, 0.5) is 0 Å². The van der Waals surface area contributed by atoms with Crippen molar-refractivity contribution in [3.63, 3.8) is 0 Å². The smallest absolute Gasteiger partial charge is 0.234 e. The quantitative estimate of drug-likeness (QED) is 0.546. The Labute approximate surface area is 206 Å². The van der Waals surface area contributed by atoms with Crippen molar-refractivity contribution in [1.82, 2.24) is 15.5 Å². The van der Waals surface area contributed by atoms with Crippen LogP contribution in [0.25, 0.3) is 0 Å². The molecule has 0 aromatic rings. The van der Waals surface area contributed by atoms with Gasteiger partial charge in [0.1, 0.15) is 5.76 Å². The molecule has 0 saturated carbocycles. The zero-order valence-electron chi connectivity index (χ0n) is 21.9. The number of hydrogen-bond acceptors (Lipinski definition) is 5. The molecule has 4 rings (SSSR count). The average Bonchev–Trinajstić information content (AvgIpc) is 2.93. The molecule has 4 aliphatic rings. The molecule has 3 aliphatic heterocycles. The molecule has 2 fully saturated rings. The predicted octanol–water partition coefficient (Wildman–Crippen LogP) is 4.50. The maximum absolute atomic E-state index is 12.5. The lowest BCUT2D eigenvalue weighted by Gasteiger charge is -2.39. The topological polar surface area (TPSA) is 62.8 Å². The van der Waals surface area contributed by atoms with Crippen LogP contribution < -0.4 is 10.6 Å². The first-order valence-corrected chi connectivity index (χ1v) is 13.4. The van der Waals surface area contributed by atoms with Crippen LogP contribution in [0.5, 0.6) is 0 Å². The highest BCUT2D eigenvalue weighted by Crippen LogP contribution is 2.41. The maximum Gasteiger partial charge on any atom is 0.234 e. The zero-order chi connectivity index (χ0) is 24.3. The molecule has 2 bridgehead atoms. The van der Waals surface area contributed by atoms with Crippen molar-refractivity contribution in [3.8, 4) is 0 Å². The van der Waals surface area contributed by atoms with Crippen LogP contribution in [0, 0.1) is 17.8 Å². The second-order valence-electron chi connectivity index (χ2n) is 11.5. The van der Waals surface area contributed by atoms with Gasteiger partial charge in [-0.15, -0.1) is 0 Å². The number of hydrogen-bond donors (Lipinski definition) is 2. The Morgan fingerprint density at radius 1 is 1.15 bits per heavy atom. The van der Waals surface area contributed by atoms with Gasteiger partial charge in [0, 0.05) is 41.7 Å². The molecule has 2 saturated heterocycles. The summed E-state index contributed by atoms with van der Waals surface area (Å²) in [5.74, 6) is 3.55. The molecule has 1 aliphatic carbocycles. The third-order valence-electron chi connectivity index (χ3n) is 7.71. The number of ether oxygens (including phenoxy) is 2. The van der Waals surface area contributed by atoms with Crippen molar-refractivity contribution in [3.05, 3.63) is 35.4 Å². The lowest BCUT2D eigenvalue weighted by atomic mass is 9.84. The summed E-state index contributed by atoms with van der Waals surface area (Å²) in [6, 6.07) is 1.10. The highest BCUT2D eigenvalue weighted by molar-refractivity contribution is 5.78. The van der Waals surface area contributed by atoms with Gasteiger partial charge >= 0.3 is 0 Å². The Hall–Kier alpha value is -1.95. The third kappa shape index (κ3) is 5.99. The van der Waals surface area contributed by atoms with Gasteiger partial charge in [0.25, 0.3) is 0 Å². The van der Waals surface area contributed by atoms with Gasteiger partial charge in [-0.2, -0.15) is 0 Å². The fraction of sp³-hybridized carbons (Fsp3) is 0.750. The number of carbonyl (C=O) groups is 1. The molecular weight excluding hydrogens is 426 g/mol. The van der Waals surface area contributed by atoms with Gasteiger partial charge in [0.15, 0.2) is 5.76 Å². The van der Waals surface area contributed by atoms with Crippen molar-refractivity contribution in [2.24, 2.45) is 17.8 Å². The summed E-state index contributed by atoms with van der Waals surface area (Å²) in [4.78, 5) is 15.0. The first-order valence-electron chi connectivity index (χ1n) is 13.4. The summed E-state index contributed by atoms with van der Waals surface area (Å²) < 4.78 is 12.0. The Morgan fingerprint density at radius 2 is 1.85 bits per heavy atom. The highest BCUT2D eigenvalue weighted by Gasteiger charge is 2.42. The predicted molar refractivity (Wildman–Crippen MR) is 136 cm³/mol. The summed E-state index contributed by atoms with van der Waals surface area (Å²) in [5.41, 5.74) is 1.22. The van der Waals surface area contributed by atoms with Gasteiger partial charge in [-0.3, -0.25) is 9.69 Å². The first kappa shape index (κ1) is 25.2. The minimum absolute atomic E-state index is 0.163. The third-order valence-corrected chi connectivity index (χ3v) is 7.71. The Balaban J connectivity index is 1.35. The van der Waals surface area contributed by atoms with Gasteiger partial charge in [-0.1, -0.05) is 12.2 Å². The molecule has 5 atom stereocenters. The van der Waals surface area contributed by atoms with Gasteiger partial charge in [-0.05, 0) is 85.1 Å². The number of fused-ring (bicyclic) bond motifs is 3. The Bertz CT molecular complexity index is 811. The molecule has 34 heavy (non-hydrogen) atoms. The molecule has 190 valence electrons. The van der Waals surface area contributed by atoms with Crippen LogP contribution in [0.15, 0.2) is 35.4 Å². The van der Waals surface area contributed by atoms with Gasteiger partial charge in [0.2, 0.25) is 5.91 Å². The molecular formula is C28H45N3O3. The minimum atomic E-state index is -0.168. The highest BCUT2D eigenvalue weighted by atomic mass is 16.5. The molecule has 0 radical (unpaired) electrons. The van der Waals surface area contributed by atoms with Gasteiger partial charge < -0.3 is 20.1 Å². The van der Waals surface area contributed by atoms with E-state index in [0.29, 0.717) is 49.6 Å². The van der Waals surface area contributed by atoms with Gasteiger partial charge in [0.05, 0.1) is 19.8 Å². The van der Waals surface area contributed by atoms with Gasteiger partial charge in [-0.25, -0.2) is 0 Å².